The number of ether oxygens (including phenoxy) is 1. The van der Waals surface area contributed by atoms with Gasteiger partial charge in [-0.3, -0.25) is 4.79 Å². The maximum atomic E-state index is 13.6. The number of carbonyl (C=O) groups is 2. The van der Waals surface area contributed by atoms with Gasteiger partial charge in [-0.05, 0) is 12.1 Å². The molecule has 0 spiro atoms. The number of nitrogens with two attached hydrogens (primary N) is 1. The molecule has 1 saturated heterocycles. The number of amides is 1. The van der Waals surface area contributed by atoms with Crippen molar-refractivity contribution in [3.8, 4) is 0 Å². The van der Waals surface area contributed by atoms with Crippen LogP contribution in [0.3, 0.4) is 0 Å². The van der Waals surface area contributed by atoms with Crippen LogP contribution in [0.2, 0.25) is 0 Å². The van der Waals surface area contributed by atoms with E-state index in [-0.39, 0.29) is 18.7 Å². The van der Waals surface area contributed by atoms with Gasteiger partial charge in [0.05, 0.1) is 24.4 Å². The van der Waals surface area contributed by atoms with Crippen LogP contribution < -0.4 is 10.6 Å². The molecule has 6 nitrogen and oxygen atoms in total. The quantitative estimate of drug-likeness (QED) is 0.817. The van der Waals surface area contributed by atoms with Crippen molar-refractivity contribution in [1.82, 2.24) is 0 Å². The highest BCUT2D eigenvalue weighted by Gasteiger charge is 2.28. The molecule has 1 unspecified atom stereocenters. The summed E-state index contributed by atoms with van der Waals surface area (Å²) in [5.74, 6) is -2.70. The average Bonchev–Trinajstić information content (AvgIpc) is 2.38. The molecule has 0 aliphatic carbocycles. The lowest BCUT2D eigenvalue weighted by molar-refractivity contribution is -0.150. The van der Waals surface area contributed by atoms with Crippen molar-refractivity contribution in [2.45, 2.75) is 6.10 Å². The van der Waals surface area contributed by atoms with E-state index in [0.29, 0.717) is 12.2 Å². The van der Waals surface area contributed by atoms with Crippen molar-refractivity contribution in [2.75, 3.05) is 24.6 Å². The third-order valence-corrected chi connectivity index (χ3v) is 2.92. The first kappa shape index (κ1) is 13.3. The predicted molar refractivity (Wildman–Crippen MR) is 64.5 cm³/mol. The Labute approximate surface area is 108 Å². The fourth-order valence-electron chi connectivity index (χ4n) is 2.04. The molecule has 1 aromatic carbocycles. The fraction of sp³-hybridized carbons (Fsp3) is 0.333. The molecule has 0 bridgehead atoms. The van der Waals surface area contributed by atoms with Crippen molar-refractivity contribution in [3.05, 3.63) is 29.6 Å². The number of aliphatic carboxylic acids is 1. The smallest absolute Gasteiger partial charge is 0.334 e. The van der Waals surface area contributed by atoms with E-state index in [2.05, 4.69) is 0 Å². The average molecular weight is 268 g/mol. The zero-order chi connectivity index (χ0) is 14.0. The Hall–Kier alpha value is -2.15. The maximum absolute atomic E-state index is 13.6. The number of morpholine rings is 1. The molecule has 2 rings (SSSR count). The van der Waals surface area contributed by atoms with Gasteiger partial charge in [0.15, 0.2) is 6.10 Å². The second-order valence-electron chi connectivity index (χ2n) is 4.14. The summed E-state index contributed by atoms with van der Waals surface area (Å²) in [4.78, 5) is 23.8. The lowest BCUT2D eigenvalue weighted by Crippen LogP contribution is -2.46. The lowest BCUT2D eigenvalue weighted by Gasteiger charge is -2.33. The molecule has 1 aliphatic rings. The van der Waals surface area contributed by atoms with Crippen molar-refractivity contribution >= 4 is 17.6 Å². The molecule has 102 valence electrons. The Bertz CT molecular complexity index is 520. The molecule has 1 aromatic rings. The van der Waals surface area contributed by atoms with Gasteiger partial charge in [0.25, 0.3) is 5.91 Å². The number of halogens is 1. The number of hydrogen-bond donors (Lipinski definition) is 2. The van der Waals surface area contributed by atoms with Crippen molar-refractivity contribution in [1.29, 1.82) is 0 Å². The monoisotopic (exact) mass is 268 g/mol. The van der Waals surface area contributed by atoms with Crippen LogP contribution >= 0.6 is 0 Å². The van der Waals surface area contributed by atoms with Gasteiger partial charge < -0.3 is 20.5 Å². The van der Waals surface area contributed by atoms with Crippen LogP contribution in [0.5, 0.6) is 0 Å². The standard InChI is InChI=1S/C12H13FN2O4/c13-7-2-1-3-8(10(7)11(14)16)15-4-5-19-9(6-15)12(17)18/h1-3,9H,4-6H2,(H2,14,16)(H,17,18). The molecule has 1 fully saturated rings. The molecule has 1 atom stereocenters. The van der Waals surface area contributed by atoms with Crippen molar-refractivity contribution in [2.24, 2.45) is 5.73 Å². The Balaban J connectivity index is 2.34. The number of rotatable bonds is 3. The molecule has 1 amide bonds. The van der Waals surface area contributed by atoms with Gasteiger partial charge in [0, 0.05) is 6.54 Å². The SMILES string of the molecule is NC(=O)c1c(F)cccc1N1CCOC(C(=O)O)C1. The minimum Gasteiger partial charge on any atom is -0.479 e. The fourth-order valence-corrected chi connectivity index (χ4v) is 2.04. The summed E-state index contributed by atoms with van der Waals surface area (Å²) in [6.07, 6.45) is -1.00. The third kappa shape index (κ3) is 2.65. The van der Waals surface area contributed by atoms with Crippen LogP contribution in [-0.4, -0.2) is 42.8 Å². The summed E-state index contributed by atoms with van der Waals surface area (Å²) in [5, 5.41) is 8.92. The second-order valence-corrected chi connectivity index (χ2v) is 4.14. The van der Waals surface area contributed by atoms with Gasteiger partial charge in [0.1, 0.15) is 5.82 Å². The van der Waals surface area contributed by atoms with E-state index in [4.69, 9.17) is 15.6 Å². The van der Waals surface area contributed by atoms with Crippen LogP contribution in [0.1, 0.15) is 10.4 Å². The number of hydrogen-bond acceptors (Lipinski definition) is 4. The van der Waals surface area contributed by atoms with Gasteiger partial charge >= 0.3 is 5.97 Å². The highest BCUT2D eigenvalue weighted by molar-refractivity contribution is 5.99. The maximum Gasteiger partial charge on any atom is 0.334 e. The summed E-state index contributed by atoms with van der Waals surface area (Å²) in [5.41, 5.74) is 5.23. The number of anilines is 1. The first-order valence-electron chi connectivity index (χ1n) is 5.68. The van der Waals surface area contributed by atoms with Crippen molar-refractivity contribution in [3.63, 3.8) is 0 Å². The number of carboxylic acids is 1. The molecular formula is C12H13FN2O4. The summed E-state index contributed by atoms with van der Waals surface area (Å²) < 4.78 is 18.7. The lowest BCUT2D eigenvalue weighted by atomic mass is 10.1. The van der Waals surface area contributed by atoms with E-state index in [9.17, 15) is 14.0 Å². The Morgan fingerprint density at radius 1 is 1.47 bits per heavy atom. The van der Waals surface area contributed by atoms with Gasteiger partial charge in [-0.25, -0.2) is 9.18 Å². The number of carbonyl (C=O) groups excluding carboxylic acids is 1. The molecule has 3 N–H and O–H groups in total. The molecule has 1 aliphatic heterocycles. The van der Waals surface area contributed by atoms with E-state index >= 15 is 0 Å². The van der Waals surface area contributed by atoms with Crippen LogP contribution in [0, 0.1) is 5.82 Å². The van der Waals surface area contributed by atoms with Crippen LogP contribution in [0.4, 0.5) is 10.1 Å². The first-order valence-corrected chi connectivity index (χ1v) is 5.68. The second kappa shape index (κ2) is 5.23. The van der Waals surface area contributed by atoms with Gasteiger partial charge in [-0.1, -0.05) is 6.07 Å². The van der Waals surface area contributed by atoms with Crippen LogP contribution in [-0.2, 0) is 9.53 Å². The Morgan fingerprint density at radius 3 is 2.84 bits per heavy atom. The van der Waals surface area contributed by atoms with Gasteiger partial charge in [-0.15, -0.1) is 0 Å². The van der Waals surface area contributed by atoms with E-state index in [1.165, 1.54) is 12.1 Å². The first-order chi connectivity index (χ1) is 9.00. The molecule has 0 aromatic heterocycles. The summed E-state index contributed by atoms with van der Waals surface area (Å²) >= 11 is 0. The minimum absolute atomic E-state index is 0.0407. The molecule has 0 saturated carbocycles. The van der Waals surface area contributed by atoms with E-state index < -0.39 is 23.8 Å². The van der Waals surface area contributed by atoms with Crippen LogP contribution in [0.25, 0.3) is 0 Å². The zero-order valence-corrected chi connectivity index (χ0v) is 10.0. The Morgan fingerprint density at radius 2 is 2.21 bits per heavy atom. The van der Waals surface area contributed by atoms with Crippen molar-refractivity contribution < 1.29 is 23.8 Å². The predicted octanol–water partition coefficient (Wildman–Crippen LogP) is 0.214. The number of carboxylic acid groups (broad SMARTS) is 1. The topological polar surface area (TPSA) is 92.9 Å². The zero-order valence-electron chi connectivity index (χ0n) is 10.0. The summed E-state index contributed by atoms with van der Waals surface area (Å²) in [6, 6.07) is 4.12. The third-order valence-electron chi connectivity index (χ3n) is 2.92. The summed E-state index contributed by atoms with van der Waals surface area (Å²) in [6.45, 7) is 0.595. The van der Waals surface area contributed by atoms with Gasteiger partial charge in [0.2, 0.25) is 0 Å². The molecule has 7 heteroatoms. The number of primary amides is 1. The normalized spacial score (nSPS) is 19.2. The molecule has 19 heavy (non-hydrogen) atoms. The largest absolute Gasteiger partial charge is 0.479 e. The summed E-state index contributed by atoms with van der Waals surface area (Å²) in [7, 11) is 0. The van der Waals surface area contributed by atoms with E-state index in [1.807, 2.05) is 0 Å². The minimum atomic E-state index is -1.10. The molecular weight excluding hydrogens is 255 g/mol. The highest BCUT2D eigenvalue weighted by Crippen LogP contribution is 2.24. The van der Waals surface area contributed by atoms with Gasteiger partial charge in [-0.2, -0.15) is 0 Å². The van der Waals surface area contributed by atoms with E-state index in [1.54, 1.807) is 4.90 Å². The Kier molecular flexibility index (Phi) is 3.66. The van der Waals surface area contributed by atoms with Crippen LogP contribution in [0.15, 0.2) is 18.2 Å². The molecule has 0 radical (unpaired) electrons. The number of benzene rings is 1. The number of nitrogens with zero attached hydrogens (tertiary/aromatic N) is 1. The highest BCUT2D eigenvalue weighted by atomic mass is 19.1. The van der Waals surface area contributed by atoms with E-state index in [0.717, 1.165) is 6.07 Å². The molecule has 1 heterocycles.